The van der Waals surface area contributed by atoms with Crippen LogP contribution in [-0.4, -0.2) is 10.1 Å². The van der Waals surface area contributed by atoms with Gasteiger partial charge in [0.2, 0.25) is 0 Å². The van der Waals surface area contributed by atoms with E-state index in [1.165, 1.54) is 28.9 Å². The van der Waals surface area contributed by atoms with Crippen LogP contribution in [-0.2, 0) is 11.3 Å². The highest BCUT2D eigenvalue weighted by Crippen LogP contribution is 2.38. The summed E-state index contributed by atoms with van der Waals surface area (Å²) in [5.74, 6) is 0.956. The lowest BCUT2D eigenvalue weighted by molar-refractivity contribution is 0.408. The lowest BCUT2D eigenvalue weighted by Crippen LogP contribution is -2.45. The Kier molecular flexibility index (Phi) is 6.47. The first kappa shape index (κ1) is 19.9. The van der Waals surface area contributed by atoms with Crippen LogP contribution >= 0.6 is 24.0 Å². The second-order valence-corrected chi connectivity index (χ2v) is 8.86. The Morgan fingerprint density at radius 2 is 1.62 bits per heavy atom. The Morgan fingerprint density at radius 1 is 0.931 bits per heavy atom. The fourth-order valence-electron chi connectivity index (χ4n) is 3.88. The van der Waals surface area contributed by atoms with Gasteiger partial charge >= 0.3 is 0 Å². The van der Waals surface area contributed by atoms with Crippen molar-refractivity contribution in [1.82, 2.24) is 10.3 Å². The number of thiocarbonyl (C=S) groups is 1. The van der Waals surface area contributed by atoms with Crippen molar-refractivity contribution in [3.63, 3.8) is 0 Å². The maximum Gasteiger partial charge on any atom is 0.171 e. The topological polar surface area (TPSA) is 37.0 Å². The maximum absolute atomic E-state index is 5.65. The molecule has 1 fully saturated rings. The molecule has 0 amide bonds. The zero-order valence-corrected chi connectivity index (χ0v) is 17.9. The van der Waals surface area contributed by atoms with Crippen LogP contribution < -0.4 is 10.6 Å². The first-order chi connectivity index (χ1) is 14.2. The number of rotatable bonds is 6. The van der Waals surface area contributed by atoms with Crippen molar-refractivity contribution in [2.75, 3.05) is 5.32 Å². The first-order valence-corrected chi connectivity index (χ1v) is 11.4. The van der Waals surface area contributed by atoms with Gasteiger partial charge in [-0.25, -0.2) is 0 Å². The fraction of sp³-hybridized carbons (Fsp3) is 0.250. The summed E-state index contributed by atoms with van der Waals surface area (Å²) in [6.45, 7) is 0. The Bertz CT molecular complexity index is 921. The Hall–Kier alpha value is -2.37. The summed E-state index contributed by atoms with van der Waals surface area (Å²) < 4.78 is 0. The van der Waals surface area contributed by atoms with Crippen LogP contribution in [0.25, 0.3) is 0 Å². The van der Waals surface area contributed by atoms with E-state index in [0.717, 1.165) is 24.3 Å². The molecular weight excluding hydrogens is 394 g/mol. The van der Waals surface area contributed by atoms with Crippen molar-refractivity contribution in [1.29, 1.82) is 0 Å². The summed E-state index contributed by atoms with van der Waals surface area (Å²) in [5.41, 5.74) is 3.49. The van der Waals surface area contributed by atoms with Gasteiger partial charge in [0.1, 0.15) is 0 Å². The van der Waals surface area contributed by atoms with Gasteiger partial charge in [0.05, 0.1) is 5.54 Å². The van der Waals surface area contributed by atoms with Crippen LogP contribution in [0.5, 0.6) is 0 Å². The Balaban J connectivity index is 1.35. The molecule has 3 nitrogen and oxygen atoms in total. The molecule has 0 atom stereocenters. The van der Waals surface area contributed by atoms with E-state index < -0.39 is 0 Å². The molecule has 2 N–H and O–H groups in total. The normalized spacial score (nSPS) is 15.0. The van der Waals surface area contributed by atoms with Crippen LogP contribution in [0.2, 0.25) is 0 Å². The van der Waals surface area contributed by atoms with E-state index in [-0.39, 0.29) is 5.54 Å². The lowest BCUT2D eigenvalue weighted by atomic mass is 9.89. The molecule has 148 valence electrons. The summed E-state index contributed by atoms with van der Waals surface area (Å²) in [4.78, 5) is 5.45. The molecule has 2 aromatic carbocycles. The average molecular weight is 420 g/mol. The van der Waals surface area contributed by atoms with E-state index in [9.17, 15) is 0 Å². The van der Waals surface area contributed by atoms with Crippen molar-refractivity contribution in [2.45, 2.75) is 41.9 Å². The van der Waals surface area contributed by atoms with Gasteiger partial charge < -0.3 is 10.6 Å². The molecule has 1 heterocycles. The smallest absolute Gasteiger partial charge is 0.171 e. The predicted octanol–water partition coefficient (Wildman–Crippen LogP) is 6.13. The third kappa shape index (κ3) is 5.17. The van der Waals surface area contributed by atoms with Crippen LogP contribution in [0.4, 0.5) is 5.69 Å². The van der Waals surface area contributed by atoms with Gasteiger partial charge in [-0.05, 0) is 72.6 Å². The highest BCUT2D eigenvalue weighted by atomic mass is 32.2. The molecule has 0 radical (unpaired) electrons. The maximum atomic E-state index is 5.65. The molecule has 1 aromatic heterocycles. The van der Waals surface area contributed by atoms with Gasteiger partial charge in [0, 0.05) is 28.7 Å². The molecule has 0 spiro atoms. The van der Waals surface area contributed by atoms with Crippen molar-refractivity contribution < 1.29 is 0 Å². The second-order valence-electron chi connectivity index (χ2n) is 7.40. The minimum Gasteiger partial charge on any atom is -0.353 e. The number of nitrogens with zero attached hydrogens (tertiary/aromatic N) is 1. The lowest BCUT2D eigenvalue weighted by Gasteiger charge is -2.32. The van der Waals surface area contributed by atoms with Crippen molar-refractivity contribution in [3.05, 3.63) is 90.3 Å². The second kappa shape index (κ2) is 9.42. The van der Waals surface area contributed by atoms with E-state index in [1.807, 2.05) is 30.2 Å². The quantitative estimate of drug-likeness (QED) is 0.371. The Morgan fingerprint density at radius 3 is 2.31 bits per heavy atom. The minimum absolute atomic E-state index is 0.0840. The monoisotopic (exact) mass is 419 g/mol. The molecule has 5 heteroatoms. The third-order valence-electron chi connectivity index (χ3n) is 5.40. The van der Waals surface area contributed by atoms with Crippen LogP contribution in [0.1, 0.15) is 36.8 Å². The molecule has 0 aliphatic heterocycles. The number of pyridine rings is 1. The summed E-state index contributed by atoms with van der Waals surface area (Å²) in [7, 11) is 0. The highest BCUT2D eigenvalue weighted by molar-refractivity contribution is 7.98. The first-order valence-electron chi connectivity index (χ1n) is 10.0. The molecule has 1 saturated carbocycles. The number of aromatic nitrogens is 1. The van der Waals surface area contributed by atoms with Gasteiger partial charge in [-0.2, -0.15) is 0 Å². The molecule has 1 aliphatic rings. The number of hydrogen-bond acceptors (Lipinski definition) is 3. The highest BCUT2D eigenvalue weighted by Gasteiger charge is 2.36. The molecule has 0 saturated heterocycles. The fourth-order valence-corrected chi connectivity index (χ4v) is 5.07. The molecule has 1 aliphatic carbocycles. The number of benzene rings is 2. The van der Waals surface area contributed by atoms with E-state index >= 15 is 0 Å². The summed E-state index contributed by atoms with van der Waals surface area (Å²) >= 11 is 7.50. The summed E-state index contributed by atoms with van der Waals surface area (Å²) in [6.07, 6.45) is 8.33. The van der Waals surface area contributed by atoms with Crippen molar-refractivity contribution in [2.24, 2.45) is 0 Å². The number of hydrogen-bond donors (Lipinski definition) is 2. The SMILES string of the molecule is S=C(Nc1ccc(CSc2ccccc2)cc1)NC1(c2ccncc2)CCCC1. The summed E-state index contributed by atoms with van der Waals surface area (Å²) in [5, 5.41) is 7.65. The van der Waals surface area contributed by atoms with E-state index in [0.29, 0.717) is 5.11 Å². The molecular formula is C24H25N3S2. The molecule has 4 rings (SSSR count). The standard InChI is InChI=1S/C24H25N3S2/c28-23(27-24(14-4-5-15-24)20-12-16-25-17-13-20)26-21-10-8-19(9-11-21)18-29-22-6-2-1-3-7-22/h1-3,6-13,16-17H,4-5,14-15,18H2,(H2,26,27,28). The third-order valence-corrected chi connectivity index (χ3v) is 6.69. The van der Waals surface area contributed by atoms with Gasteiger partial charge in [-0.1, -0.05) is 43.2 Å². The van der Waals surface area contributed by atoms with Gasteiger partial charge in [-0.15, -0.1) is 11.8 Å². The number of thioether (sulfide) groups is 1. The summed E-state index contributed by atoms with van der Waals surface area (Å²) in [6, 6.07) is 23.2. The minimum atomic E-state index is -0.0840. The van der Waals surface area contributed by atoms with E-state index in [4.69, 9.17) is 12.2 Å². The zero-order chi connectivity index (χ0) is 19.9. The molecule has 0 bridgehead atoms. The molecule has 29 heavy (non-hydrogen) atoms. The Labute approximate surface area is 182 Å². The van der Waals surface area contributed by atoms with Crippen molar-refractivity contribution >= 4 is 34.8 Å². The average Bonchev–Trinajstić information content (AvgIpc) is 3.24. The number of anilines is 1. The molecule has 0 unspecified atom stereocenters. The van der Waals surface area contributed by atoms with E-state index in [1.54, 1.807) is 0 Å². The number of nitrogens with one attached hydrogen (secondary N) is 2. The van der Waals surface area contributed by atoms with Crippen LogP contribution in [0, 0.1) is 0 Å². The van der Waals surface area contributed by atoms with Crippen LogP contribution in [0.15, 0.2) is 84.0 Å². The van der Waals surface area contributed by atoms with Gasteiger partial charge in [0.25, 0.3) is 0 Å². The molecule has 3 aromatic rings. The van der Waals surface area contributed by atoms with Gasteiger partial charge in [-0.3, -0.25) is 4.98 Å². The zero-order valence-electron chi connectivity index (χ0n) is 16.3. The van der Waals surface area contributed by atoms with Crippen molar-refractivity contribution in [3.8, 4) is 0 Å². The van der Waals surface area contributed by atoms with Crippen LogP contribution in [0.3, 0.4) is 0 Å². The predicted molar refractivity (Wildman–Crippen MR) is 126 cm³/mol. The largest absolute Gasteiger partial charge is 0.353 e. The van der Waals surface area contributed by atoms with E-state index in [2.05, 4.69) is 76.3 Å². The van der Waals surface area contributed by atoms with Gasteiger partial charge in [0.15, 0.2) is 5.11 Å².